The number of likely N-dealkylation sites (N-methyl/N-ethyl adjacent to an activating group) is 1. The molecule has 1 saturated heterocycles. The van der Waals surface area contributed by atoms with E-state index in [9.17, 15) is 4.79 Å². The van der Waals surface area contributed by atoms with E-state index < -0.39 is 0 Å². The van der Waals surface area contributed by atoms with E-state index in [1.54, 1.807) is 0 Å². The van der Waals surface area contributed by atoms with Crippen molar-refractivity contribution in [1.29, 1.82) is 0 Å². The van der Waals surface area contributed by atoms with Crippen LogP contribution in [-0.4, -0.2) is 52.4 Å². The number of likely N-dealkylation sites (tertiary alicyclic amines) is 1. The van der Waals surface area contributed by atoms with E-state index in [4.69, 9.17) is 16.6 Å². The third-order valence-corrected chi connectivity index (χ3v) is 6.08. The van der Waals surface area contributed by atoms with Crippen molar-refractivity contribution in [2.45, 2.75) is 44.6 Å². The Hall–Kier alpha value is -1.98. The lowest BCUT2D eigenvalue weighted by Crippen LogP contribution is -2.39. The molecule has 4 rings (SSSR count). The molecule has 3 heterocycles. The summed E-state index contributed by atoms with van der Waals surface area (Å²) >= 11 is 5.93. The standard InChI is InChI=1S/C22H27ClN4O/c1-26-12-10-20-18(14-26)13-24-22(25-20)17-3-2-11-27(15-17)21(28)9-6-16-4-7-19(23)8-5-16/h4-5,7-8,13,17H,2-3,6,9-12,14-15H2,1H3/t17-/m1/s1. The molecule has 6 heteroatoms. The van der Waals surface area contributed by atoms with Crippen LogP contribution in [0.15, 0.2) is 30.5 Å². The summed E-state index contributed by atoms with van der Waals surface area (Å²) in [5.41, 5.74) is 3.58. The van der Waals surface area contributed by atoms with Crippen LogP contribution in [0.4, 0.5) is 0 Å². The van der Waals surface area contributed by atoms with Gasteiger partial charge in [-0.25, -0.2) is 9.97 Å². The Bertz CT molecular complexity index is 839. The van der Waals surface area contributed by atoms with E-state index in [0.717, 1.165) is 68.3 Å². The minimum atomic E-state index is 0.222. The molecule has 148 valence electrons. The summed E-state index contributed by atoms with van der Waals surface area (Å²) in [6.45, 7) is 3.54. The average Bonchev–Trinajstić information content (AvgIpc) is 2.73. The Kier molecular flexibility index (Phi) is 5.93. The molecule has 0 bridgehead atoms. The number of carbonyl (C=O) groups excluding carboxylic acids is 1. The van der Waals surface area contributed by atoms with E-state index in [2.05, 4.69) is 16.9 Å². The Morgan fingerprint density at radius 1 is 1.25 bits per heavy atom. The molecule has 0 N–H and O–H groups in total. The number of piperidine rings is 1. The summed E-state index contributed by atoms with van der Waals surface area (Å²) in [6.07, 6.45) is 6.33. The van der Waals surface area contributed by atoms with Gasteiger partial charge in [-0.05, 0) is 44.0 Å². The second-order valence-corrected chi connectivity index (χ2v) is 8.43. The highest BCUT2D eigenvalue weighted by atomic mass is 35.5. The highest BCUT2D eigenvalue weighted by Gasteiger charge is 2.27. The maximum absolute atomic E-state index is 12.7. The van der Waals surface area contributed by atoms with Crippen molar-refractivity contribution >= 4 is 17.5 Å². The predicted octanol–water partition coefficient (Wildman–Crippen LogP) is 3.46. The molecule has 1 aromatic heterocycles. The van der Waals surface area contributed by atoms with Crippen molar-refractivity contribution in [3.63, 3.8) is 0 Å². The summed E-state index contributed by atoms with van der Waals surface area (Å²) in [5.74, 6) is 1.39. The van der Waals surface area contributed by atoms with Crippen molar-refractivity contribution in [3.8, 4) is 0 Å². The van der Waals surface area contributed by atoms with Gasteiger partial charge in [-0.15, -0.1) is 0 Å². The number of benzene rings is 1. The lowest BCUT2D eigenvalue weighted by molar-refractivity contribution is -0.132. The van der Waals surface area contributed by atoms with Crippen molar-refractivity contribution in [2.24, 2.45) is 0 Å². The molecule has 0 saturated carbocycles. The van der Waals surface area contributed by atoms with Crippen LogP contribution in [0.5, 0.6) is 0 Å². The number of carbonyl (C=O) groups is 1. The van der Waals surface area contributed by atoms with Gasteiger partial charge in [-0.1, -0.05) is 23.7 Å². The molecule has 1 amide bonds. The van der Waals surface area contributed by atoms with Crippen molar-refractivity contribution in [2.75, 3.05) is 26.7 Å². The van der Waals surface area contributed by atoms with Gasteiger partial charge in [0.25, 0.3) is 0 Å². The predicted molar refractivity (Wildman–Crippen MR) is 110 cm³/mol. The molecular formula is C22H27ClN4O. The number of aromatic nitrogens is 2. The van der Waals surface area contributed by atoms with E-state index in [-0.39, 0.29) is 11.8 Å². The zero-order valence-corrected chi connectivity index (χ0v) is 17.2. The number of hydrogen-bond acceptors (Lipinski definition) is 4. The van der Waals surface area contributed by atoms with Crippen LogP contribution in [-0.2, 0) is 24.2 Å². The zero-order chi connectivity index (χ0) is 19.5. The molecule has 0 aliphatic carbocycles. The first-order valence-corrected chi connectivity index (χ1v) is 10.5. The summed E-state index contributed by atoms with van der Waals surface area (Å²) < 4.78 is 0. The van der Waals surface area contributed by atoms with Crippen LogP contribution in [0.3, 0.4) is 0 Å². The molecule has 0 spiro atoms. The fraction of sp³-hybridized carbons (Fsp3) is 0.500. The monoisotopic (exact) mass is 398 g/mol. The Morgan fingerprint density at radius 3 is 2.89 bits per heavy atom. The number of fused-ring (bicyclic) bond motifs is 1. The van der Waals surface area contributed by atoms with Gasteiger partial charge in [-0.3, -0.25) is 4.79 Å². The molecule has 5 nitrogen and oxygen atoms in total. The molecule has 1 atom stereocenters. The SMILES string of the molecule is CN1CCc2nc([C@@H]3CCCN(C(=O)CCc4ccc(Cl)cc4)C3)ncc2C1. The van der Waals surface area contributed by atoms with Gasteiger partial charge in [0.2, 0.25) is 5.91 Å². The summed E-state index contributed by atoms with van der Waals surface area (Å²) in [7, 11) is 2.13. The molecule has 0 radical (unpaired) electrons. The first-order valence-electron chi connectivity index (χ1n) is 10.1. The Labute approximate surface area is 171 Å². The number of hydrogen-bond donors (Lipinski definition) is 0. The Balaban J connectivity index is 1.37. The molecule has 2 aromatic rings. The molecule has 28 heavy (non-hydrogen) atoms. The second kappa shape index (κ2) is 8.58. The van der Waals surface area contributed by atoms with Gasteiger partial charge in [0.15, 0.2) is 0 Å². The second-order valence-electron chi connectivity index (χ2n) is 7.99. The smallest absolute Gasteiger partial charge is 0.222 e. The highest BCUT2D eigenvalue weighted by Crippen LogP contribution is 2.26. The van der Waals surface area contributed by atoms with E-state index in [1.807, 2.05) is 35.4 Å². The average molecular weight is 399 g/mol. The first-order chi connectivity index (χ1) is 13.6. The fourth-order valence-corrected chi connectivity index (χ4v) is 4.27. The van der Waals surface area contributed by atoms with E-state index >= 15 is 0 Å². The van der Waals surface area contributed by atoms with E-state index in [0.29, 0.717) is 6.42 Å². The van der Waals surface area contributed by atoms with Gasteiger partial charge >= 0.3 is 0 Å². The third-order valence-electron chi connectivity index (χ3n) is 5.82. The molecule has 2 aliphatic heterocycles. The maximum Gasteiger partial charge on any atom is 0.222 e. The summed E-state index contributed by atoms with van der Waals surface area (Å²) in [5, 5.41) is 0.727. The minimum absolute atomic E-state index is 0.222. The minimum Gasteiger partial charge on any atom is -0.342 e. The summed E-state index contributed by atoms with van der Waals surface area (Å²) in [6, 6.07) is 7.74. The quantitative estimate of drug-likeness (QED) is 0.791. The maximum atomic E-state index is 12.7. The molecule has 1 fully saturated rings. The normalized spacial score (nSPS) is 20.1. The number of nitrogens with zero attached hydrogens (tertiary/aromatic N) is 4. The topological polar surface area (TPSA) is 49.3 Å². The van der Waals surface area contributed by atoms with Crippen LogP contribution in [0.25, 0.3) is 0 Å². The van der Waals surface area contributed by atoms with Gasteiger partial charge in [0.05, 0.1) is 0 Å². The number of rotatable bonds is 4. The van der Waals surface area contributed by atoms with Gasteiger partial charge in [0.1, 0.15) is 5.82 Å². The van der Waals surface area contributed by atoms with Crippen LogP contribution < -0.4 is 0 Å². The zero-order valence-electron chi connectivity index (χ0n) is 16.4. The lowest BCUT2D eigenvalue weighted by Gasteiger charge is -2.33. The molecule has 1 aromatic carbocycles. The summed E-state index contributed by atoms with van der Waals surface area (Å²) in [4.78, 5) is 26.6. The molecule has 2 aliphatic rings. The van der Waals surface area contributed by atoms with Gasteiger partial charge in [0, 0.05) is 67.4 Å². The molecule has 0 unspecified atom stereocenters. The van der Waals surface area contributed by atoms with E-state index in [1.165, 1.54) is 11.3 Å². The number of halogens is 1. The van der Waals surface area contributed by atoms with Crippen LogP contribution in [0.2, 0.25) is 5.02 Å². The largest absolute Gasteiger partial charge is 0.342 e. The molecular weight excluding hydrogens is 372 g/mol. The number of aryl methyl sites for hydroxylation is 1. The van der Waals surface area contributed by atoms with Crippen molar-refractivity contribution < 1.29 is 4.79 Å². The van der Waals surface area contributed by atoms with Gasteiger partial charge < -0.3 is 9.80 Å². The third kappa shape index (κ3) is 4.53. The van der Waals surface area contributed by atoms with Crippen molar-refractivity contribution in [3.05, 3.63) is 58.1 Å². The van der Waals surface area contributed by atoms with Crippen LogP contribution in [0.1, 0.15) is 47.8 Å². The first kappa shape index (κ1) is 19.3. The highest BCUT2D eigenvalue weighted by molar-refractivity contribution is 6.30. The number of amides is 1. The van der Waals surface area contributed by atoms with Crippen LogP contribution in [0, 0.1) is 0 Å². The Morgan fingerprint density at radius 2 is 2.07 bits per heavy atom. The van der Waals surface area contributed by atoms with Crippen LogP contribution >= 0.6 is 11.6 Å². The van der Waals surface area contributed by atoms with Crippen molar-refractivity contribution in [1.82, 2.24) is 19.8 Å². The van der Waals surface area contributed by atoms with Gasteiger partial charge in [-0.2, -0.15) is 0 Å². The fourth-order valence-electron chi connectivity index (χ4n) is 4.14. The lowest BCUT2D eigenvalue weighted by atomic mass is 9.96.